The number of nitrogens with zero attached hydrogens (tertiary/aromatic N) is 3. The summed E-state index contributed by atoms with van der Waals surface area (Å²) in [6, 6.07) is 3.90. The molecule has 2 bridgehead atoms. The summed E-state index contributed by atoms with van der Waals surface area (Å²) in [5.74, 6) is 1.34. The van der Waals surface area contributed by atoms with Crippen molar-refractivity contribution in [3.63, 3.8) is 0 Å². The number of carbonyl (C=O) groups is 2. The van der Waals surface area contributed by atoms with E-state index in [0.29, 0.717) is 48.1 Å². The molecule has 1 aromatic heterocycles. The summed E-state index contributed by atoms with van der Waals surface area (Å²) in [5, 5.41) is 0. The Morgan fingerprint density at radius 1 is 1.17 bits per heavy atom. The van der Waals surface area contributed by atoms with Crippen molar-refractivity contribution in [3.8, 4) is 5.75 Å². The number of amides is 1. The van der Waals surface area contributed by atoms with Crippen molar-refractivity contribution in [2.24, 2.45) is 17.3 Å². The van der Waals surface area contributed by atoms with E-state index in [0.717, 1.165) is 23.9 Å². The van der Waals surface area contributed by atoms with Crippen LogP contribution in [0.15, 0.2) is 30.9 Å². The second-order valence-corrected chi connectivity index (χ2v) is 14.4. The number of benzene rings is 1. The number of hydrogen-bond acceptors (Lipinski definition) is 7. The fourth-order valence-corrected chi connectivity index (χ4v) is 7.56. The molecular formula is C32H44BN3O6. The molecule has 10 heteroatoms. The zero-order valence-electron chi connectivity index (χ0n) is 26.0. The van der Waals surface area contributed by atoms with E-state index < -0.39 is 11.6 Å². The van der Waals surface area contributed by atoms with Gasteiger partial charge in [0.15, 0.2) is 0 Å². The van der Waals surface area contributed by atoms with E-state index in [1.165, 1.54) is 6.42 Å². The Morgan fingerprint density at radius 2 is 1.93 bits per heavy atom. The van der Waals surface area contributed by atoms with E-state index in [2.05, 4.69) is 25.8 Å². The molecule has 5 fully saturated rings. The molecule has 1 aromatic carbocycles. The molecule has 9 nitrogen and oxygen atoms in total. The van der Waals surface area contributed by atoms with Gasteiger partial charge in [0.1, 0.15) is 29.6 Å². The molecule has 0 N–H and O–H groups in total. The van der Waals surface area contributed by atoms with E-state index >= 15 is 0 Å². The minimum Gasteiger partial charge on any atom is -0.486 e. The maximum atomic E-state index is 13.4. The van der Waals surface area contributed by atoms with Crippen molar-refractivity contribution < 1.29 is 28.4 Å². The first kappa shape index (κ1) is 29.2. The highest BCUT2D eigenvalue weighted by atomic mass is 16.7. The molecule has 0 spiro atoms. The van der Waals surface area contributed by atoms with Crippen LogP contribution in [0, 0.1) is 24.2 Å². The Labute approximate surface area is 249 Å². The van der Waals surface area contributed by atoms with Crippen molar-refractivity contribution in [2.75, 3.05) is 13.1 Å². The van der Waals surface area contributed by atoms with Gasteiger partial charge in [-0.2, -0.15) is 0 Å². The predicted molar refractivity (Wildman–Crippen MR) is 158 cm³/mol. The lowest BCUT2D eigenvalue weighted by Crippen LogP contribution is -2.65. The Kier molecular flexibility index (Phi) is 7.24. The third kappa shape index (κ3) is 5.25. The molecule has 2 saturated heterocycles. The molecular weight excluding hydrogens is 533 g/mol. The van der Waals surface area contributed by atoms with Crippen LogP contribution in [-0.4, -0.2) is 69.9 Å². The van der Waals surface area contributed by atoms with Gasteiger partial charge in [0, 0.05) is 12.4 Å². The molecule has 3 saturated carbocycles. The number of esters is 1. The van der Waals surface area contributed by atoms with Gasteiger partial charge in [0.05, 0.1) is 31.1 Å². The third-order valence-corrected chi connectivity index (χ3v) is 10.2. The number of carbonyl (C=O) groups excluding carboxylic acids is 2. The van der Waals surface area contributed by atoms with E-state index in [4.69, 9.17) is 18.8 Å². The summed E-state index contributed by atoms with van der Waals surface area (Å²) in [5.41, 5.74) is 1.78. The molecule has 226 valence electrons. The standard InChI is InChI=1S/C32H44BN3O6/c1-20-21(10-11-33-41-26-15-22-14-25(31(22,5)6)32(26,7)42-33)8-9-24(28(20)29(38)40-30(2,3)4)39-23-16-36(17-23)27(37)18-35-13-12-34-19-35/h8-9,12-13,19,22-23,25-26H,10-11,14-18H2,1-7H3/t22-,25-,26+,32-/m0/s1. The van der Waals surface area contributed by atoms with Crippen molar-refractivity contribution in [1.82, 2.24) is 14.5 Å². The maximum absolute atomic E-state index is 13.4. The largest absolute Gasteiger partial charge is 0.486 e. The minimum atomic E-state index is -0.643. The molecule has 2 aliphatic heterocycles. The normalized spacial score (nSPS) is 28.1. The van der Waals surface area contributed by atoms with Crippen molar-refractivity contribution in [3.05, 3.63) is 47.5 Å². The molecule has 3 aliphatic carbocycles. The van der Waals surface area contributed by atoms with Crippen LogP contribution in [0.4, 0.5) is 0 Å². The Hall–Kier alpha value is -2.85. The van der Waals surface area contributed by atoms with Crippen LogP contribution in [0.3, 0.4) is 0 Å². The molecule has 3 heterocycles. The summed E-state index contributed by atoms with van der Waals surface area (Å²) in [6.07, 6.45) is 8.75. The van der Waals surface area contributed by atoms with E-state index in [1.54, 1.807) is 28.2 Å². The van der Waals surface area contributed by atoms with Crippen LogP contribution in [0.2, 0.25) is 6.32 Å². The second-order valence-electron chi connectivity index (χ2n) is 14.4. The van der Waals surface area contributed by atoms with E-state index in [1.807, 2.05) is 39.8 Å². The first-order valence-electron chi connectivity index (χ1n) is 15.3. The zero-order valence-corrected chi connectivity index (χ0v) is 26.0. The van der Waals surface area contributed by atoms with Crippen LogP contribution < -0.4 is 4.74 Å². The van der Waals surface area contributed by atoms with Crippen molar-refractivity contribution in [1.29, 1.82) is 0 Å². The van der Waals surface area contributed by atoms with Gasteiger partial charge in [0.2, 0.25) is 5.91 Å². The lowest BCUT2D eigenvalue weighted by atomic mass is 9.43. The highest BCUT2D eigenvalue weighted by molar-refractivity contribution is 6.45. The number of imidazole rings is 1. The molecule has 5 aliphatic rings. The lowest BCUT2D eigenvalue weighted by Gasteiger charge is -2.64. The van der Waals surface area contributed by atoms with Gasteiger partial charge >= 0.3 is 13.1 Å². The Balaban J connectivity index is 1.12. The molecule has 1 amide bonds. The molecule has 4 atom stereocenters. The molecule has 0 radical (unpaired) electrons. The number of ether oxygens (including phenoxy) is 2. The zero-order chi connectivity index (χ0) is 30.0. The predicted octanol–water partition coefficient (Wildman–Crippen LogP) is 4.71. The average Bonchev–Trinajstić information content (AvgIpc) is 3.50. The van der Waals surface area contributed by atoms with Gasteiger partial charge in [-0.1, -0.05) is 19.9 Å². The number of hydrogen-bond donors (Lipinski definition) is 0. The van der Waals surface area contributed by atoms with Crippen molar-refractivity contribution in [2.45, 2.75) is 104 Å². The maximum Gasteiger partial charge on any atom is 0.457 e. The monoisotopic (exact) mass is 577 g/mol. The van der Waals surface area contributed by atoms with Gasteiger partial charge in [-0.3, -0.25) is 4.79 Å². The summed E-state index contributed by atoms with van der Waals surface area (Å²) in [7, 11) is -0.253. The van der Waals surface area contributed by atoms with Gasteiger partial charge in [-0.25, -0.2) is 9.78 Å². The summed E-state index contributed by atoms with van der Waals surface area (Å²) in [6.45, 7) is 15.7. The van der Waals surface area contributed by atoms with Crippen LogP contribution >= 0.6 is 0 Å². The number of rotatable bonds is 8. The number of likely N-dealkylation sites (tertiary alicyclic amines) is 1. The second kappa shape index (κ2) is 10.4. The van der Waals surface area contributed by atoms with Crippen LogP contribution in [0.1, 0.15) is 75.9 Å². The highest BCUT2D eigenvalue weighted by Crippen LogP contribution is 2.65. The SMILES string of the molecule is Cc1c(CCB2O[C@@H]3C[C@@H]4C[C@@H](C4(C)C)[C@]3(C)O2)ccc(OC2CN(C(=O)Cn3ccnc3)C2)c1C(=O)OC(C)(C)C. The average molecular weight is 578 g/mol. The fourth-order valence-electron chi connectivity index (χ4n) is 7.56. The van der Waals surface area contributed by atoms with Gasteiger partial charge < -0.3 is 28.2 Å². The third-order valence-electron chi connectivity index (χ3n) is 10.2. The topological polar surface area (TPSA) is 92.1 Å². The lowest BCUT2D eigenvalue weighted by molar-refractivity contribution is -0.199. The molecule has 7 rings (SSSR count). The van der Waals surface area contributed by atoms with Crippen molar-refractivity contribution >= 4 is 19.0 Å². The quantitative estimate of drug-likeness (QED) is 0.332. The van der Waals surface area contributed by atoms with Crippen LogP contribution in [0.5, 0.6) is 5.75 Å². The summed E-state index contributed by atoms with van der Waals surface area (Å²) in [4.78, 5) is 31.8. The minimum absolute atomic E-state index is 0.0116. The van der Waals surface area contributed by atoms with Gasteiger partial charge in [-0.05, 0) is 94.6 Å². The molecule has 2 aromatic rings. The summed E-state index contributed by atoms with van der Waals surface area (Å²) >= 11 is 0. The molecule has 0 unspecified atom stereocenters. The number of aryl methyl sites for hydroxylation is 1. The van der Waals surface area contributed by atoms with Gasteiger partial charge in [0.25, 0.3) is 0 Å². The first-order chi connectivity index (χ1) is 19.7. The smallest absolute Gasteiger partial charge is 0.457 e. The molecule has 42 heavy (non-hydrogen) atoms. The van der Waals surface area contributed by atoms with Crippen LogP contribution in [0.25, 0.3) is 0 Å². The van der Waals surface area contributed by atoms with E-state index in [-0.39, 0.29) is 37.4 Å². The number of aromatic nitrogens is 2. The highest BCUT2D eigenvalue weighted by Gasteiger charge is 2.67. The Bertz CT molecular complexity index is 1350. The van der Waals surface area contributed by atoms with Crippen LogP contribution in [-0.2, 0) is 31.8 Å². The Morgan fingerprint density at radius 3 is 2.60 bits per heavy atom. The summed E-state index contributed by atoms with van der Waals surface area (Å²) < 4.78 is 26.9. The van der Waals surface area contributed by atoms with E-state index in [9.17, 15) is 9.59 Å². The first-order valence-corrected chi connectivity index (χ1v) is 15.3. The van der Waals surface area contributed by atoms with Gasteiger partial charge in [-0.15, -0.1) is 0 Å². The fraction of sp³-hybridized carbons (Fsp3) is 0.656.